The van der Waals surface area contributed by atoms with Gasteiger partial charge in [-0.25, -0.2) is 9.97 Å². The predicted octanol–water partition coefficient (Wildman–Crippen LogP) is 3.57. The first-order valence-electron chi connectivity index (χ1n) is 6.71. The number of imidazole rings is 2. The Morgan fingerprint density at radius 2 is 1.96 bits per heavy atom. The first-order chi connectivity index (χ1) is 11.0. The van der Waals surface area contributed by atoms with Crippen molar-refractivity contribution in [2.75, 3.05) is 7.11 Å². The highest BCUT2D eigenvalue weighted by Gasteiger charge is 2.31. The molecule has 0 unspecified atom stereocenters. The zero-order chi connectivity index (χ0) is 16.4. The van der Waals surface area contributed by atoms with Gasteiger partial charge in [0.25, 0.3) is 0 Å². The number of rotatable bonds is 4. The van der Waals surface area contributed by atoms with E-state index in [4.69, 9.17) is 4.74 Å². The molecule has 2 aromatic heterocycles. The van der Waals surface area contributed by atoms with Crippen LogP contribution in [0.2, 0.25) is 0 Å². The summed E-state index contributed by atoms with van der Waals surface area (Å²) in [6.45, 7) is 0.489. The van der Waals surface area contributed by atoms with E-state index in [1.165, 1.54) is 24.1 Å². The molecular formula is C15H14ClF3N4O. The Hall–Kier alpha value is -2.48. The van der Waals surface area contributed by atoms with E-state index in [-0.39, 0.29) is 18.2 Å². The molecule has 0 atom stereocenters. The van der Waals surface area contributed by atoms with Gasteiger partial charge in [0.15, 0.2) is 0 Å². The van der Waals surface area contributed by atoms with Crippen molar-refractivity contribution in [2.24, 2.45) is 0 Å². The molecule has 0 amide bonds. The fourth-order valence-corrected chi connectivity index (χ4v) is 2.17. The molecule has 0 fully saturated rings. The third-order valence-electron chi connectivity index (χ3n) is 3.29. The summed E-state index contributed by atoms with van der Waals surface area (Å²) < 4.78 is 47.2. The molecule has 24 heavy (non-hydrogen) atoms. The second kappa shape index (κ2) is 6.96. The van der Waals surface area contributed by atoms with Gasteiger partial charge in [-0.3, -0.25) is 0 Å². The van der Waals surface area contributed by atoms with Gasteiger partial charge in [-0.15, -0.1) is 12.4 Å². The summed E-state index contributed by atoms with van der Waals surface area (Å²) in [4.78, 5) is 8.14. The number of halogens is 4. The minimum Gasteiger partial charge on any atom is -0.497 e. The average molecular weight is 359 g/mol. The van der Waals surface area contributed by atoms with Gasteiger partial charge in [0, 0.05) is 24.7 Å². The van der Waals surface area contributed by atoms with Crippen LogP contribution in [0, 0.1) is 0 Å². The highest BCUT2D eigenvalue weighted by atomic mass is 35.5. The van der Waals surface area contributed by atoms with Crippen LogP contribution in [0.3, 0.4) is 0 Å². The van der Waals surface area contributed by atoms with E-state index in [1.807, 2.05) is 4.57 Å². The van der Waals surface area contributed by atoms with Crippen molar-refractivity contribution in [1.82, 2.24) is 19.1 Å². The summed E-state index contributed by atoms with van der Waals surface area (Å²) in [5.41, 5.74) is 0.275. The van der Waals surface area contributed by atoms with Crippen LogP contribution in [0.5, 0.6) is 5.75 Å². The Balaban J connectivity index is 0.00000208. The third kappa shape index (κ3) is 3.88. The second-order valence-corrected chi connectivity index (χ2v) is 4.92. The first kappa shape index (κ1) is 17.9. The zero-order valence-electron chi connectivity index (χ0n) is 12.6. The van der Waals surface area contributed by atoms with Gasteiger partial charge < -0.3 is 13.9 Å². The van der Waals surface area contributed by atoms with Gasteiger partial charge in [-0.1, -0.05) is 0 Å². The van der Waals surface area contributed by atoms with E-state index in [2.05, 4.69) is 9.97 Å². The molecule has 0 bridgehead atoms. The summed E-state index contributed by atoms with van der Waals surface area (Å²) >= 11 is 0. The fourth-order valence-electron chi connectivity index (χ4n) is 2.17. The lowest BCUT2D eigenvalue weighted by Crippen LogP contribution is -2.06. The van der Waals surface area contributed by atoms with Gasteiger partial charge >= 0.3 is 6.18 Å². The van der Waals surface area contributed by atoms with E-state index in [0.29, 0.717) is 17.9 Å². The van der Waals surface area contributed by atoms with Crippen LogP contribution in [-0.2, 0) is 12.7 Å². The van der Waals surface area contributed by atoms with Crippen molar-refractivity contribution in [2.45, 2.75) is 12.7 Å². The molecule has 9 heteroatoms. The topological polar surface area (TPSA) is 44.9 Å². The average Bonchev–Trinajstić information content (AvgIpc) is 3.18. The number of hydrogen-bond donors (Lipinski definition) is 0. The molecule has 0 N–H and O–H groups in total. The Morgan fingerprint density at radius 1 is 1.17 bits per heavy atom. The summed E-state index contributed by atoms with van der Waals surface area (Å²) in [7, 11) is 1.33. The summed E-state index contributed by atoms with van der Waals surface area (Å²) in [5.74, 6) is 0.139. The zero-order valence-corrected chi connectivity index (χ0v) is 13.4. The monoisotopic (exact) mass is 358 g/mol. The summed E-state index contributed by atoms with van der Waals surface area (Å²) in [6, 6.07) is 3.55. The Labute approximate surface area is 142 Å². The van der Waals surface area contributed by atoms with Crippen LogP contribution in [-0.4, -0.2) is 26.2 Å². The quantitative estimate of drug-likeness (QED) is 0.716. The number of methoxy groups -OCH3 is 1. The molecular weight excluding hydrogens is 345 g/mol. The van der Waals surface area contributed by atoms with Crippen molar-refractivity contribution in [3.63, 3.8) is 0 Å². The van der Waals surface area contributed by atoms with Crippen molar-refractivity contribution in [3.8, 4) is 11.4 Å². The molecule has 0 radical (unpaired) electrons. The standard InChI is InChI=1S/C15H13F3N4O.ClH/c1-23-14-5-11(15(16,17)18)4-13(6-14)22-8-12(20-10-22)7-21-3-2-19-9-21;/h2-6,8-10H,7H2,1H3;1H. The Kier molecular flexibility index (Phi) is 5.18. The van der Waals surface area contributed by atoms with Gasteiger partial charge in [0.1, 0.15) is 5.75 Å². The number of benzene rings is 1. The molecule has 0 spiro atoms. The van der Waals surface area contributed by atoms with Crippen LogP contribution in [0.15, 0.2) is 49.4 Å². The molecule has 0 aliphatic carbocycles. The highest BCUT2D eigenvalue weighted by Crippen LogP contribution is 2.33. The van der Waals surface area contributed by atoms with Crippen molar-refractivity contribution in [1.29, 1.82) is 0 Å². The first-order valence-corrected chi connectivity index (χ1v) is 6.71. The number of nitrogens with zero attached hydrogens (tertiary/aromatic N) is 4. The molecule has 0 aliphatic rings. The van der Waals surface area contributed by atoms with Gasteiger partial charge in [0.2, 0.25) is 0 Å². The number of alkyl halides is 3. The summed E-state index contributed by atoms with van der Waals surface area (Å²) in [5, 5.41) is 0. The van der Waals surface area contributed by atoms with Gasteiger partial charge in [-0.05, 0) is 12.1 Å². The second-order valence-electron chi connectivity index (χ2n) is 4.92. The molecule has 5 nitrogen and oxygen atoms in total. The minimum absolute atomic E-state index is 0. The van der Waals surface area contributed by atoms with Gasteiger partial charge in [0.05, 0.1) is 43.3 Å². The number of aromatic nitrogens is 4. The molecule has 0 saturated heterocycles. The smallest absolute Gasteiger partial charge is 0.416 e. The van der Waals surface area contributed by atoms with Crippen LogP contribution in [0.1, 0.15) is 11.3 Å². The largest absolute Gasteiger partial charge is 0.497 e. The molecule has 128 valence electrons. The van der Waals surface area contributed by atoms with Crippen LogP contribution in [0.25, 0.3) is 5.69 Å². The lowest BCUT2D eigenvalue weighted by Gasteiger charge is -2.12. The number of ether oxygens (including phenoxy) is 1. The minimum atomic E-state index is -4.44. The van der Waals surface area contributed by atoms with Crippen molar-refractivity contribution in [3.05, 3.63) is 60.7 Å². The molecule has 0 aliphatic heterocycles. The lowest BCUT2D eigenvalue weighted by atomic mass is 10.1. The van der Waals surface area contributed by atoms with E-state index in [0.717, 1.165) is 12.1 Å². The third-order valence-corrected chi connectivity index (χ3v) is 3.29. The SMILES string of the molecule is COc1cc(-n2cnc(Cn3ccnc3)c2)cc(C(F)(F)F)c1.Cl. The normalized spacial score (nSPS) is 11.2. The van der Waals surface area contributed by atoms with E-state index in [9.17, 15) is 13.2 Å². The van der Waals surface area contributed by atoms with Crippen LogP contribution < -0.4 is 4.74 Å². The van der Waals surface area contributed by atoms with Gasteiger partial charge in [-0.2, -0.15) is 13.2 Å². The van der Waals surface area contributed by atoms with E-state index >= 15 is 0 Å². The fraction of sp³-hybridized carbons (Fsp3) is 0.200. The summed E-state index contributed by atoms with van der Waals surface area (Å²) in [6.07, 6.45) is 3.78. The Morgan fingerprint density at radius 3 is 2.58 bits per heavy atom. The Bertz CT molecular complexity index is 799. The maximum atomic E-state index is 13.0. The molecule has 2 heterocycles. The van der Waals surface area contributed by atoms with Crippen molar-refractivity contribution < 1.29 is 17.9 Å². The molecule has 3 aromatic rings. The lowest BCUT2D eigenvalue weighted by molar-refractivity contribution is -0.137. The predicted molar refractivity (Wildman–Crippen MR) is 83.7 cm³/mol. The van der Waals surface area contributed by atoms with E-state index in [1.54, 1.807) is 24.9 Å². The highest BCUT2D eigenvalue weighted by molar-refractivity contribution is 5.85. The molecule has 1 aromatic carbocycles. The maximum Gasteiger partial charge on any atom is 0.416 e. The van der Waals surface area contributed by atoms with Crippen LogP contribution in [0.4, 0.5) is 13.2 Å². The molecule has 3 rings (SSSR count). The number of hydrogen-bond acceptors (Lipinski definition) is 3. The van der Waals surface area contributed by atoms with E-state index < -0.39 is 11.7 Å². The van der Waals surface area contributed by atoms with Crippen LogP contribution >= 0.6 is 12.4 Å². The van der Waals surface area contributed by atoms with Crippen molar-refractivity contribution >= 4 is 12.4 Å². The molecule has 0 saturated carbocycles. The maximum absolute atomic E-state index is 13.0.